The number of hydrogen-bond donors (Lipinski definition) is 3. The summed E-state index contributed by atoms with van der Waals surface area (Å²) in [5.74, 6) is -0.804. The smallest absolute Gasteiger partial charge is 0.402 e. The Bertz CT molecular complexity index is 219. The van der Waals surface area contributed by atoms with Crippen LogP contribution in [0.1, 0.15) is 39.5 Å². The van der Waals surface area contributed by atoms with Gasteiger partial charge in [-0.2, -0.15) is 0 Å². The summed E-state index contributed by atoms with van der Waals surface area (Å²) in [5, 5.41) is 15.7. The van der Waals surface area contributed by atoms with Crippen molar-refractivity contribution in [3.05, 3.63) is 11.6 Å². The maximum absolute atomic E-state index is 10.3. The van der Waals surface area contributed by atoms with Crippen LogP contribution in [0.3, 0.4) is 0 Å². The van der Waals surface area contributed by atoms with E-state index in [-0.39, 0.29) is 0 Å². The summed E-state index contributed by atoms with van der Waals surface area (Å²) in [4.78, 5) is 19.1. The van der Waals surface area contributed by atoms with Gasteiger partial charge in [-0.25, -0.2) is 9.59 Å². The molecule has 88 valence electrons. The van der Waals surface area contributed by atoms with Gasteiger partial charge in [0.1, 0.15) is 0 Å². The predicted octanol–water partition coefficient (Wildman–Crippen LogP) is 2.22. The molecule has 0 rings (SSSR count). The SMILES string of the molecule is CCCCC/C=C(/C)C(=O)O.NC(=O)O. The largest absolute Gasteiger partial charge is 0.478 e. The van der Waals surface area contributed by atoms with Crippen molar-refractivity contribution in [3.8, 4) is 0 Å². The highest BCUT2D eigenvalue weighted by molar-refractivity contribution is 5.85. The molecule has 0 aromatic heterocycles. The van der Waals surface area contributed by atoms with Crippen molar-refractivity contribution in [1.82, 2.24) is 0 Å². The summed E-state index contributed by atoms with van der Waals surface area (Å²) < 4.78 is 0. The van der Waals surface area contributed by atoms with Gasteiger partial charge in [0.25, 0.3) is 0 Å². The molecule has 0 bridgehead atoms. The van der Waals surface area contributed by atoms with Crippen LogP contribution in [0, 0.1) is 0 Å². The normalized spacial score (nSPS) is 10.1. The number of nitrogens with two attached hydrogens (primary N) is 1. The van der Waals surface area contributed by atoms with Crippen LogP contribution in [0.15, 0.2) is 11.6 Å². The number of rotatable bonds is 5. The topological polar surface area (TPSA) is 101 Å². The molecule has 0 heterocycles. The second-order valence-electron chi connectivity index (χ2n) is 3.03. The van der Waals surface area contributed by atoms with Crippen molar-refractivity contribution in [2.24, 2.45) is 5.73 Å². The highest BCUT2D eigenvalue weighted by Gasteiger charge is 1.96. The van der Waals surface area contributed by atoms with Crippen molar-refractivity contribution in [2.75, 3.05) is 0 Å². The molecule has 0 saturated carbocycles. The molecule has 0 aromatic rings. The van der Waals surface area contributed by atoms with Gasteiger partial charge < -0.3 is 15.9 Å². The summed E-state index contributed by atoms with van der Waals surface area (Å²) in [5.41, 5.74) is 4.49. The molecule has 0 aliphatic heterocycles. The minimum absolute atomic E-state index is 0.459. The second-order valence-corrected chi connectivity index (χ2v) is 3.03. The monoisotopic (exact) mass is 217 g/mol. The van der Waals surface area contributed by atoms with Gasteiger partial charge in [-0.1, -0.05) is 25.8 Å². The van der Waals surface area contributed by atoms with E-state index in [2.05, 4.69) is 12.7 Å². The summed E-state index contributed by atoms with van der Waals surface area (Å²) in [6, 6.07) is 0. The highest BCUT2D eigenvalue weighted by Crippen LogP contribution is 2.02. The molecule has 0 fully saturated rings. The van der Waals surface area contributed by atoms with Crippen LogP contribution >= 0.6 is 0 Å². The van der Waals surface area contributed by atoms with Crippen LogP contribution in [0.5, 0.6) is 0 Å². The van der Waals surface area contributed by atoms with Crippen LogP contribution < -0.4 is 5.73 Å². The Kier molecular flexibility index (Phi) is 11.2. The predicted molar refractivity (Wildman–Crippen MR) is 57.7 cm³/mol. The minimum Gasteiger partial charge on any atom is -0.478 e. The first-order valence-corrected chi connectivity index (χ1v) is 4.80. The Hall–Kier alpha value is -1.52. The second kappa shape index (κ2) is 10.6. The van der Waals surface area contributed by atoms with E-state index >= 15 is 0 Å². The van der Waals surface area contributed by atoms with Crippen LogP contribution in [0.25, 0.3) is 0 Å². The molecule has 0 aliphatic rings. The molecule has 0 atom stereocenters. The van der Waals surface area contributed by atoms with E-state index in [0.29, 0.717) is 5.57 Å². The number of carboxylic acid groups (broad SMARTS) is 2. The first-order chi connectivity index (χ1) is 6.91. The lowest BCUT2D eigenvalue weighted by Crippen LogP contribution is -2.03. The van der Waals surface area contributed by atoms with Gasteiger partial charge in [-0.3, -0.25) is 0 Å². The van der Waals surface area contributed by atoms with E-state index in [4.69, 9.17) is 15.0 Å². The number of primary amides is 1. The molecular formula is C10H19NO4. The van der Waals surface area contributed by atoms with Gasteiger partial charge in [0.15, 0.2) is 0 Å². The molecular weight excluding hydrogens is 198 g/mol. The van der Waals surface area contributed by atoms with Crippen molar-refractivity contribution < 1.29 is 19.8 Å². The fourth-order valence-corrected chi connectivity index (χ4v) is 0.800. The molecule has 5 nitrogen and oxygen atoms in total. The van der Waals surface area contributed by atoms with Gasteiger partial charge in [0.05, 0.1) is 0 Å². The number of amides is 1. The molecule has 15 heavy (non-hydrogen) atoms. The fraction of sp³-hybridized carbons (Fsp3) is 0.600. The number of carbonyl (C=O) groups is 2. The van der Waals surface area contributed by atoms with Gasteiger partial charge in [-0.15, -0.1) is 0 Å². The average Bonchev–Trinajstić information content (AvgIpc) is 2.11. The zero-order valence-corrected chi connectivity index (χ0v) is 9.19. The molecule has 0 aromatic carbocycles. The number of allylic oxidation sites excluding steroid dienone is 1. The summed E-state index contributed by atoms with van der Waals surface area (Å²) in [6.07, 6.45) is 4.81. The van der Waals surface area contributed by atoms with Crippen LogP contribution in [0.4, 0.5) is 4.79 Å². The highest BCUT2D eigenvalue weighted by atomic mass is 16.4. The lowest BCUT2D eigenvalue weighted by atomic mass is 10.1. The third-order valence-electron chi connectivity index (χ3n) is 1.60. The molecule has 0 saturated heterocycles. The minimum atomic E-state index is -1.33. The quantitative estimate of drug-likeness (QED) is 0.485. The van der Waals surface area contributed by atoms with Crippen molar-refractivity contribution >= 4 is 12.1 Å². The zero-order chi connectivity index (χ0) is 12.3. The number of hydrogen-bond acceptors (Lipinski definition) is 2. The standard InChI is InChI=1S/C9H16O2.CH3NO2/c1-3-4-5-6-7-8(2)9(10)11;2-1(3)4/h7H,3-6H2,1-2H3,(H,10,11);2H2,(H,3,4)/b8-7-;. The lowest BCUT2D eigenvalue weighted by Gasteiger charge is -1.93. The molecule has 5 heteroatoms. The van der Waals surface area contributed by atoms with Gasteiger partial charge in [-0.05, 0) is 19.8 Å². The van der Waals surface area contributed by atoms with Crippen molar-refractivity contribution in [3.63, 3.8) is 0 Å². The van der Waals surface area contributed by atoms with E-state index in [0.717, 1.165) is 12.8 Å². The van der Waals surface area contributed by atoms with Crippen molar-refractivity contribution in [1.29, 1.82) is 0 Å². The Morgan fingerprint density at radius 2 is 1.73 bits per heavy atom. The average molecular weight is 217 g/mol. The summed E-state index contributed by atoms with van der Waals surface area (Å²) in [7, 11) is 0. The zero-order valence-electron chi connectivity index (χ0n) is 9.19. The Morgan fingerprint density at radius 1 is 1.27 bits per heavy atom. The molecule has 0 spiro atoms. The van der Waals surface area contributed by atoms with E-state index < -0.39 is 12.1 Å². The number of unbranched alkanes of at least 4 members (excludes halogenated alkanes) is 3. The Morgan fingerprint density at radius 3 is 2.07 bits per heavy atom. The molecule has 1 amide bonds. The number of carboxylic acids is 1. The van der Waals surface area contributed by atoms with E-state index in [1.807, 2.05) is 0 Å². The van der Waals surface area contributed by atoms with Crippen LogP contribution in [0.2, 0.25) is 0 Å². The lowest BCUT2D eigenvalue weighted by molar-refractivity contribution is -0.132. The van der Waals surface area contributed by atoms with E-state index in [1.165, 1.54) is 12.8 Å². The van der Waals surface area contributed by atoms with E-state index in [9.17, 15) is 4.79 Å². The molecule has 0 unspecified atom stereocenters. The molecule has 0 aliphatic carbocycles. The fourth-order valence-electron chi connectivity index (χ4n) is 0.800. The van der Waals surface area contributed by atoms with Crippen LogP contribution in [-0.2, 0) is 4.79 Å². The Labute approximate surface area is 89.6 Å². The van der Waals surface area contributed by atoms with Gasteiger partial charge >= 0.3 is 12.1 Å². The first-order valence-electron chi connectivity index (χ1n) is 4.80. The molecule has 4 N–H and O–H groups in total. The number of aliphatic carboxylic acids is 1. The van der Waals surface area contributed by atoms with Gasteiger partial charge in [0.2, 0.25) is 0 Å². The first kappa shape index (κ1) is 15.9. The third kappa shape index (κ3) is 19.1. The maximum Gasteiger partial charge on any atom is 0.402 e. The van der Waals surface area contributed by atoms with Crippen LogP contribution in [-0.4, -0.2) is 22.3 Å². The maximum atomic E-state index is 10.3. The molecule has 0 radical (unpaired) electrons. The van der Waals surface area contributed by atoms with E-state index in [1.54, 1.807) is 13.0 Å². The van der Waals surface area contributed by atoms with Crippen molar-refractivity contribution in [2.45, 2.75) is 39.5 Å². The summed E-state index contributed by atoms with van der Waals surface area (Å²) >= 11 is 0. The third-order valence-corrected chi connectivity index (χ3v) is 1.60. The Balaban J connectivity index is 0. The van der Waals surface area contributed by atoms with Gasteiger partial charge in [0, 0.05) is 5.57 Å². The summed E-state index contributed by atoms with van der Waals surface area (Å²) in [6.45, 7) is 3.77.